The Morgan fingerprint density at radius 2 is 1.56 bits per heavy atom. The minimum Gasteiger partial charge on any atom is -0.465 e. The monoisotopic (exact) mass is 762 g/mol. The summed E-state index contributed by atoms with van der Waals surface area (Å²) in [6, 6.07) is 17.9. The molecule has 4 N–H and O–H groups in total. The zero-order valence-electron chi connectivity index (χ0n) is 31.3. The van der Waals surface area contributed by atoms with Crippen molar-refractivity contribution >= 4 is 29.6 Å². The maximum absolute atomic E-state index is 13.8. The van der Waals surface area contributed by atoms with Gasteiger partial charge in [-0.1, -0.05) is 30.3 Å². The Hall–Kier alpha value is -5.73. The van der Waals surface area contributed by atoms with Crippen LogP contribution in [0.25, 0.3) is 22.5 Å². The molecule has 0 unspecified atom stereocenters. The number of anilines is 1. The van der Waals surface area contributed by atoms with Crippen molar-refractivity contribution in [3.05, 3.63) is 89.2 Å². The highest BCUT2D eigenvalue weighted by atomic mass is 19.4. The smallest absolute Gasteiger partial charge is 0.453 e. The van der Waals surface area contributed by atoms with Crippen LogP contribution in [-0.4, -0.2) is 64.4 Å². The molecule has 3 aromatic carbocycles. The van der Waals surface area contributed by atoms with Crippen LogP contribution in [0.4, 0.5) is 23.7 Å². The first-order valence-corrected chi connectivity index (χ1v) is 18.0. The molecule has 4 aromatic rings. The number of carbonyl (C=O) groups excluding carboxylic acids is 4. The molecule has 0 radical (unpaired) electrons. The molecule has 1 fully saturated rings. The van der Waals surface area contributed by atoms with Gasteiger partial charge in [0.15, 0.2) is 5.82 Å². The summed E-state index contributed by atoms with van der Waals surface area (Å²) in [5.41, 5.74) is 4.02. The number of rotatable bonds is 11. The van der Waals surface area contributed by atoms with Crippen molar-refractivity contribution < 1.29 is 41.8 Å². The van der Waals surface area contributed by atoms with Gasteiger partial charge in [-0.2, -0.15) is 13.2 Å². The summed E-state index contributed by atoms with van der Waals surface area (Å²) in [7, 11) is 1.33. The number of methoxy groups -OCH3 is 1. The molecule has 0 saturated heterocycles. The van der Waals surface area contributed by atoms with Gasteiger partial charge in [-0.05, 0) is 118 Å². The lowest BCUT2D eigenvalue weighted by molar-refractivity contribution is -0.144. The number of alkyl carbamates (subject to hydrolysis) is 1. The molecule has 1 aromatic heterocycles. The van der Waals surface area contributed by atoms with Gasteiger partial charge in [-0.3, -0.25) is 14.7 Å². The number of alkyl halides is 3. The van der Waals surface area contributed by atoms with Gasteiger partial charge in [0.25, 0.3) is 5.82 Å². The van der Waals surface area contributed by atoms with Gasteiger partial charge < -0.3 is 25.4 Å². The molecule has 5 rings (SSSR count). The number of carbonyl (C=O) groups is 4. The van der Waals surface area contributed by atoms with Crippen molar-refractivity contribution in [1.29, 1.82) is 0 Å². The number of nitrogens with one attached hydrogen (secondary N) is 4. The van der Waals surface area contributed by atoms with E-state index in [0.29, 0.717) is 49.0 Å². The van der Waals surface area contributed by atoms with Crippen LogP contribution < -0.4 is 16.0 Å². The molecule has 1 aliphatic rings. The van der Waals surface area contributed by atoms with Crippen molar-refractivity contribution in [2.45, 2.75) is 77.6 Å². The highest BCUT2D eigenvalue weighted by molar-refractivity contribution is 5.98. The fourth-order valence-corrected chi connectivity index (χ4v) is 6.42. The number of aryl methyl sites for hydroxylation is 1. The second-order valence-electron chi connectivity index (χ2n) is 14.7. The fraction of sp³-hybridized carbons (Fsp3) is 0.400. The number of amides is 3. The molecule has 0 aliphatic heterocycles. The SMILES string of the molecule is COC(=O)c1ccc(-c2ccc(C[C@H](NC(=O)[C@H]3CC[C@H](CNC(=O)OC(C)(C)C)CC3)C(=O)Nc3ccc(-c4nc(C(F)(F)F)n[nH]4)cc3)cc2)c(C)c1. The Balaban J connectivity index is 1.27. The first-order chi connectivity index (χ1) is 26.0. The van der Waals surface area contributed by atoms with E-state index in [1.807, 2.05) is 37.3 Å². The number of aromatic amines is 1. The molecule has 0 spiro atoms. The van der Waals surface area contributed by atoms with E-state index in [2.05, 4.69) is 31.1 Å². The molecule has 292 valence electrons. The zero-order valence-corrected chi connectivity index (χ0v) is 31.3. The van der Waals surface area contributed by atoms with Crippen molar-refractivity contribution in [2.75, 3.05) is 19.0 Å². The number of nitrogens with zero attached hydrogens (tertiary/aromatic N) is 2. The lowest BCUT2D eigenvalue weighted by Gasteiger charge is -2.29. The number of hydrogen-bond acceptors (Lipinski definition) is 8. The third-order valence-electron chi connectivity index (χ3n) is 9.30. The van der Waals surface area contributed by atoms with Crippen molar-refractivity contribution in [1.82, 2.24) is 25.8 Å². The van der Waals surface area contributed by atoms with Crippen LogP contribution in [0.5, 0.6) is 0 Å². The van der Waals surface area contributed by atoms with Gasteiger partial charge in [-0.25, -0.2) is 14.6 Å². The number of halogens is 3. The lowest BCUT2D eigenvalue weighted by atomic mass is 9.81. The summed E-state index contributed by atoms with van der Waals surface area (Å²) in [6.07, 6.45) is -2.40. The summed E-state index contributed by atoms with van der Waals surface area (Å²) >= 11 is 0. The topological polar surface area (TPSA) is 164 Å². The molecular formula is C40H45F3N6O6. The number of esters is 1. The number of hydrogen-bond donors (Lipinski definition) is 4. The average Bonchev–Trinajstić information content (AvgIpc) is 3.65. The Bertz CT molecular complexity index is 1980. The van der Waals surface area contributed by atoms with Gasteiger partial charge in [0.2, 0.25) is 11.8 Å². The van der Waals surface area contributed by atoms with Gasteiger partial charge in [-0.15, -0.1) is 5.10 Å². The molecule has 1 heterocycles. The van der Waals surface area contributed by atoms with Crippen LogP contribution in [0.15, 0.2) is 66.7 Å². The van der Waals surface area contributed by atoms with E-state index < -0.39 is 41.6 Å². The third kappa shape index (κ3) is 11.2. The van der Waals surface area contributed by atoms with Crippen LogP contribution in [-0.2, 0) is 31.7 Å². The predicted molar refractivity (Wildman–Crippen MR) is 199 cm³/mol. The highest BCUT2D eigenvalue weighted by Gasteiger charge is 2.36. The summed E-state index contributed by atoms with van der Waals surface area (Å²) in [5.74, 6) is -2.66. The predicted octanol–water partition coefficient (Wildman–Crippen LogP) is 7.25. The number of aromatic nitrogens is 3. The second kappa shape index (κ2) is 17.2. The van der Waals surface area contributed by atoms with Crippen LogP contribution >= 0.6 is 0 Å². The molecule has 12 nitrogen and oxygen atoms in total. The summed E-state index contributed by atoms with van der Waals surface area (Å²) in [4.78, 5) is 55.0. The normalized spacial score (nSPS) is 16.4. The largest absolute Gasteiger partial charge is 0.465 e. The Morgan fingerprint density at radius 3 is 2.15 bits per heavy atom. The van der Waals surface area contributed by atoms with Gasteiger partial charge in [0, 0.05) is 30.1 Å². The third-order valence-corrected chi connectivity index (χ3v) is 9.30. The molecule has 1 aliphatic carbocycles. The number of ether oxygens (including phenoxy) is 2. The Labute approximate surface area is 317 Å². The molecule has 15 heteroatoms. The van der Waals surface area contributed by atoms with Crippen LogP contribution in [0.3, 0.4) is 0 Å². The zero-order chi connectivity index (χ0) is 39.9. The van der Waals surface area contributed by atoms with Crippen LogP contribution in [0.1, 0.15) is 73.8 Å². The maximum atomic E-state index is 13.8. The number of H-pyrrole nitrogens is 1. The average molecular weight is 763 g/mol. The number of benzene rings is 3. The summed E-state index contributed by atoms with van der Waals surface area (Å²) < 4.78 is 49.1. The van der Waals surface area contributed by atoms with Gasteiger partial charge >= 0.3 is 18.2 Å². The molecule has 3 amide bonds. The molecule has 1 saturated carbocycles. The fourth-order valence-electron chi connectivity index (χ4n) is 6.42. The van der Waals surface area contributed by atoms with E-state index in [0.717, 1.165) is 22.3 Å². The van der Waals surface area contributed by atoms with E-state index in [9.17, 15) is 32.3 Å². The van der Waals surface area contributed by atoms with E-state index in [1.165, 1.54) is 31.4 Å². The summed E-state index contributed by atoms with van der Waals surface area (Å²) in [6.45, 7) is 7.72. The van der Waals surface area contributed by atoms with Crippen LogP contribution in [0, 0.1) is 18.8 Å². The first kappa shape index (κ1) is 40.5. The van der Waals surface area contributed by atoms with Crippen molar-refractivity contribution in [3.63, 3.8) is 0 Å². The van der Waals surface area contributed by atoms with Crippen LogP contribution in [0.2, 0.25) is 0 Å². The summed E-state index contributed by atoms with van der Waals surface area (Å²) in [5, 5.41) is 14.1. The standard InChI is InChI=1S/C40H45F3N6O6/c1-23-20-29(36(52)54-5)16-19-31(23)26-10-6-24(7-11-26)21-32(46-34(50)28-12-8-25(9-13-28)22-44-38(53)55-39(2,3)4)35(51)45-30-17-14-27(15-18-30)33-47-37(49-48-33)40(41,42)43/h6-7,10-11,14-20,25,28,32H,8-9,12-13,21-22H2,1-5H3,(H,44,53)(H,45,51)(H,46,50)(H,47,48,49)/t25-,28-,32-/m0/s1. The van der Waals surface area contributed by atoms with Crippen molar-refractivity contribution in [3.8, 4) is 22.5 Å². The second-order valence-corrected chi connectivity index (χ2v) is 14.7. The molecular weight excluding hydrogens is 717 g/mol. The van der Waals surface area contributed by atoms with E-state index in [1.54, 1.807) is 32.9 Å². The minimum absolute atomic E-state index is 0.0799. The molecule has 55 heavy (non-hydrogen) atoms. The highest BCUT2D eigenvalue weighted by Crippen LogP contribution is 2.30. The Kier molecular flexibility index (Phi) is 12.6. The molecule has 0 bridgehead atoms. The quantitative estimate of drug-likeness (QED) is 0.116. The molecule has 1 atom stereocenters. The van der Waals surface area contributed by atoms with E-state index in [4.69, 9.17) is 9.47 Å². The minimum atomic E-state index is -4.70. The first-order valence-electron chi connectivity index (χ1n) is 18.0. The lowest BCUT2D eigenvalue weighted by Crippen LogP contribution is -2.48. The maximum Gasteiger partial charge on any atom is 0.453 e. The van der Waals surface area contributed by atoms with Gasteiger partial charge in [0.05, 0.1) is 12.7 Å². The van der Waals surface area contributed by atoms with Crippen molar-refractivity contribution in [2.24, 2.45) is 11.8 Å². The van der Waals surface area contributed by atoms with Gasteiger partial charge in [0.1, 0.15) is 11.6 Å². The Morgan fingerprint density at radius 1 is 0.909 bits per heavy atom. The van der Waals surface area contributed by atoms with E-state index >= 15 is 0 Å². The van der Waals surface area contributed by atoms with E-state index in [-0.39, 0.29) is 30.0 Å².